The Bertz CT molecular complexity index is 1170. The Hall–Kier alpha value is -2.58. The summed E-state index contributed by atoms with van der Waals surface area (Å²) in [5.74, 6) is 0. The minimum atomic E-state index is -0.498. The Labute approximate surface area is 233 Å². The van der Waals surface area contributed by atoms with Gasteiger partial charge in [0.1, 0.15) is 6.42 Å². The molecule has 0 N–H and O–H groups in total. The van der Waals surface area contributed by atoms with Gasteiger partial charge < -0.3 is 0 Å². The van der Waals surface area contributed by atoms with Gasteiger partial charge in [-0.15, -0.1) is 0 Å². The molecule has 2 nitrogen and oxygen atoms in total. The van der Waals surface area contributed by atoms with E-state index in [1.165, 1.54) is 30.4 Å². The maximum Gasteiger partial charge on any atom is 0.290 e. The molecule has 2 aromatic rings. The minimum Gasteiger partial charge on any atom is -0.0784 e. The van der Waals surface area contributed by atoms with E-state index >= 15 is 0 Å². The van der Waals surface area contributed by atoms with Crippen LogP contribution in [-0.2, 0) is 10.8 Å². The lowest BCUT2D eigenvalue weighted by atomic mass is 9.55. The van der Waals surface area contributed by atoms with Gasteiger partial charge in [-0.3, -0.25) is 0 Å². The van der Waals surface area contributed by atoms with Crippen LogP contribution in [0.5, 0.6) is 0 Å². The highest BCUT2D eigenvalue weighted by molar-refractivity contribution is 5.52. The first-order valence-corrected chi connectivity index (χ1v) is 15.0. The van der Waals surface area contributed by atoms with Crippen LogP contribution in [0.15, 0.2) is 60.7 Å². The summed E-state index contributed by atoms with van der Waals surface area (Å²) in [6.07, 6.45) is 7.50. The number of nitrogens with zero attached hydrogens (tertiary/aromatic N) is 2. The maximum atomic E-state index is 5.53. The first-order valence-electron chi connectivity index (χ1n) is 15.0. The fourth-order valence-corrected chi connectivity index (χ4v) is 6.22. The summed E-state index contributed by atoms with van der Waals surface area (Å²) in [5.41, 5.74) is 1.16. The molecule has 0 saturated carbocycles. The monoisotopic (exact) mass is 512 g/mol. The van der Waals surface area contributed by atoms with Gasteiger partial charge in [-0.1, -0.05) is 145 Å². The number of rotatable bonds is 9. The topological polar surface area (TPSA) is 8.72 Å². The normalized spacial score (nSPS) is 27.7. The van der Waals surface area contributed by atoms with Gasteiger partial charge in [0.15, 0.2) is 10.8 Å². The molecule has 204 valence electrons. The third-order valence-corrected chi connectivity index (χ3v) is 9.76. The van der Waals surface area contributed by atoms with Crippen molar-refractivity contribution < 1.29 is 0 Å². The van der Waals surface area contributed by atoms with Crippen LogP contribution in [0.25, 0.3) is 9.69 Å². The zero-order valence-corrected chi connectivity index (χ0v) is 25.7. The van der Waals surface area contributed by atoms with Gasteiger partial charge >= 0.3 is 0 Å². The van der Waals surface area contributed by atoms with Crippen molar-refractivity contribution in [1.29, 1.82) is 0 Å². The van der Waals surface area contributed by atoms with Crippen LogP contribution in [0.2, 0.25) is 0 Å². The third kappa shape index (κ3) is 5.57. The van der Waals surface area contributed by atoms with Crippen LogP contribution in [0, 0.1) is 23.0 Å². The van der Waals surface area contributed by atoms with Gasteiger partial charge in [-0.05, 0) is 30.4 Å². The van der Waals surface area contributed by atoms with E-state index in [2.05, 4.69) is 135 Å². The number of benzene rings is 2. The van der Waals surface area contributed by atoms with Gasteiger partial charge in [0.05, 0.1) is 0 Å². The van der Waals surface area contributed by atoms with Crippen LogP contribution < -0.4 is 0 Å². The van der Waals surface area contributed by atoms with E-state index in [1.807, 2.05) is 0 Å². The SMILES string of the molecule is CCCCCC(C)(C)C1CC(C)(C(C)(C)C)[N+]#CC(CC)(c2ccccc2)C(CC)(c2ccccc2)C#[N+]1. The van der Waals surface area contributed by atoms with E-state index < -0.39 is 10.8 Å². The number of hydrogen-bond acceptors (Lipinski definition) is 0. The zero-order chi connectivity index (χ0) is 28.1. The Morgan fingerprint density at radius 2 is 1.26 bits per heavy atom. The molecule has 0 amide bonds. The summed E-state index contributed by atoms with van der Waals surface area (Å²) in [6.45, 7) is 21.0. The van der Waals surface area contributed by atoms with Crippen molar-refractivity contribution in [3.05, 3.63) is 81.5 Å². The van der Waals surface area contributed by atoms with E-state index in [0.29, 0.717) is 0 Å². The molecule has 0 spiro atoms. The lowest BCUT2D eigenvalue weighted by Crippen LogP contribution is -2.47. The summed E-state index contributed by atoms with van der Waals surface area (Å²) in [4.78, 5) is 11.0. The first kappa shape index (κ1) is 30.0. The fourth-order valence-electron chi connectivity index (χ4n) is 6.22. The molecule has 4 unspecified atom stereocenters. The van der Waals surface area contributed by atoms with Gasteiger partial charge in [0, 0.05) is 17.8 Å². The Morgan fingerprint density at radius 1 is 0.763 bits per heavy atom. The standard InChI is InChI=1S/C36H52N2/c1-10-13-20-25-33(7,8)31-26-34(9,32(4,5)6)38-28-36(12-3,30-23-18-15-19-24-30)35(11-2,27-37-31)29-21-16-14-17-22-29/h14-19,21-24,31H,10-13,20,25-26H2,1-9H3/q+2. The molecular formula is C36H52N2+2. The number of hydrogen-bond donors (Lipinski definition) is 0. The largest absolute Gasteiger partial charge is 0.290 e. The van der Waals surface area contributed by atoms with Crippen LogP contribution in [0.1, 0.15) is 118 Å². The van der Waals surface area contributed by atoms with E-state index in [9.17, 15) is 0 Å². The maximum absolute atomic E-state index is 5.53. The Kier molecular flexibility index (Phi) is 9.20. The van der Waals surface area contributed by atoms with Gasteiger partial charge in [-0.25, -0.2) is 0 Å². The molecular weight excluding hydrogens is 460 g/mol. The quantitative estimate of drug-likeness (QED) is 0.295. The zero-order valence-electron chi connectivity index (χ0n) is 25.7. The second-order valence-electron chi connectivity index (χ2n) is 13.4. The molecule has 1 heterocycles. The molecule has 3 rings (SSSR count). The van der Waals surface area contributed by atoms with Crippen molar-refractivity contribution in [2.24, 2.45) is 10.8 Å². The molecule has 2 heteroatoms. The average Bonchev–Trinajstić information content (AvgIpc) is 2.96. The lowest BCUT2D eigenvalue weighted by molar-refractivity contribution is 0.182. The molecule has 38 heavy (non-hydrogen) atoms. The van der Waals surface area contributed by atoms with E-state index in [1.54, 1.807) is 0 Å². The highest BCUT2D eigenvalue weighted by Gasteiger charge is 2.62. The average molecular weight is 513 g/mol. The summed E-state index contributed by atoms with van der Waals surface area (Å²) in [7, 11) is 0. The van der Waals surface area contributed by atoms with Crippen LogP contribution in [0.4, 0.5) is 0 Å². The molecule has 0 fully saturated rings. The van der Waals surface area contributed by atoms with E-state index in [0.717, 1.165) is 25.7 Å². The highest BCUT2D eigenvalue weighted by atomic mass is 14.9. The second-order valence-corrected chi connectivity index (χ2v) is 13.4. The van der Waals surface area contributed by atoms with E-state index in [-0.39, 0.29) is 22.4 Å². The van der Waals surface area contributed by atoms with Crippen molar-refractivity contribution >= 4 is 0 Å². The van der Waals surface area contributed by atoms with Crippen molar-refractivity contribution in [3.8, 4) is 12.1 Å². The highest BCUT2D eigenvalue weighted by Crippen LogP contribution is 2.52. The van der Waals surface area contributed by atoms with Crippen molar-refractivity contribution in [2.45, 2.75) is 130 Å². The molecule has 1 aliphatic rings. The molecule has 2 aromatic carbocycles. The minimum absolute atomic E-state index is 0.0462. The van der Waals surface area contributed by atoms with Gasteiger partial charge in [-0.2, -0.15) is 0 Å². The number of unbranched alkanes of at least 4 members (excludes halogenated alkanes) is 2. The summed E-state index contributed by atoms with van der Waals surface area (Å²) in [6, 6.07) is 29.7. The molecule has 1 aliphatic heterocycles. The predicted molar refractivity (Wildman–Crippen MR) is 166 cm³/mol. The third-order valence-electron chi connectivity index (χ3n) is 9.76. The predicted octanol–water partition coefficient (Wildman–Crippen LogP) is 10.5. The Morgan fingerprint density at radius 3 is 1.71 bits per heavy atom. The lowest BCUT2D eigenvalue weighted by Gasteiger charge is -2.37. The van der Waals surface area contributed by atoms with Crippen LogP contribution in [-0.4, -0.2) is 11.6 Å². The molecule has 0 saturated heterocycles. The van der Waals surface area contributed by atoms with Gasteiger partial charge in [0.2, 0.25) is 0 Å². The molecule has 4 atom stereocenters. The van der Waals surface area contributed by atoms with Crippen molar-refractivity contribution in [1.82, 2.24) is 0 Å². The summed E-state index contributed by atoms with van der Waals surface area (Å²) in [5, 5.41) is 0. The van der Waals surface area contributed by atoms with Crippen LogP contribution in [0.3, 0.4) is 0 Å². The van der Waals surface area contributed by atoms with Crippen molar-refractivity contribution in [2.75, 3.05) is 0 Å². The smallest absolute Gasteiger partial charge is 0.0784 e. The van der Waals surface area contributed by atoms with Crippen molar-refractivity contribution in [3.63, 3.8) is 0 Å². The molecule has 0 aliphatic carbocycles. The molecule has 0 aromatic heterocycles. The van der Waals surface area contributed by atoms with Gasteiger partial charge in [0.25, 0.3) is 23.7 Å². The Balaban J connectivity index is 2.43. The fraction of sp³-hybridized carbons (Fsp3) is 0.611. The van der Waals surface area contributed by atoms with E-state index in [4.69, 9.17) is 9.69 Å². The summed E-state index contributed by atoms with van der Waals surface area (Å²) < 4.78 is 0. The molecule has 0 radical (unpaired) electrons. The summed E-state index contributed by atoms with van der Waals surface area (Å²) >= 11 is 0. The van der Waals surface area contributed by atoms with Crippen LogP contribution >= 0.6 is 0 Å². The first-order chi connectivity index (χ1) is 17.9. The molecule has 0 bridgehead atoms. The second kappa shape index (κ2) is 11.7.